The number of thiazole rings is 1. The number of aromatic nitrogens is 1. The Labute approximate surface area is 179 Å². The van der Waals surface area contributed by atoms with Gasteiger partial charge in [0.05, 0.1) is 10.7 Å². The zero-order valence-corrected chi connectivity index (χ0v) is 18.2. The fraction of sp³-hybridized carbons (Fsp3) is 0.526. The van der Waals surface area contributed by atoms with Crippen LogP contribution >= 0.6 is 22.9 Å². The molecule has 0 radical (unpaired) electrons. The zero-order valence-electron chi connectivity index (χ0n) is 15.8. The molecule has 1 aromatic heterocycles. The summed E-state index contributed by atoms with van der Waals surface area (Å²) in [5.41, 5.74) is 0.413. The summed E-state index contributed by atoms with van der Waals surface area (Å²) in [5, 5.41) is 8.86. The van der Waals surface area contributed by atoms with Gasteiger partial charge in [-0.1, -0.05) is 11.6 Å². The van der Waals surface area contributed by atoms with Crippen molar-refractivity contribution in [3.05, 3.63) is 34.5 Å². The lowest BCUT2D eigenvalue weighted by atomic mass is 9.86. The SMILES string of the molecule is O=S(=O)(Nc1nccs1)c1cc(Cl)c(NCC2CCC(NC3CC3)CC2)cc1F. The Morgan fingerprint density at radius 3 is 2.45 bits per heavy atom. The second kappa shape index (κ2) is 8.75. The van der Waals surface area contributed by atoms with E-state index in [0.29, 0.717) is 24.2 Å². The van der Waals surface area contributed by atoms with Gasteiger partial charge < -0.3 is 10.6 Å². The minimum Gasteiger partial charge on any atom is -0.383 e. The molecule has 2 aromatic rings. The Bertz CT molecular complexity index is 943. The molecule has 0 unspecified atom stereocenters. The summed E-state index contributed by atoms with van der Waals surface area (Å²) in [7, 11) is -4.10. The molecule has 6 nitrogen and oxygen atoms in total. The molecule has 2 aliphatic rings. The maximum Gasteiger partial charge on any atom is 0.266 e. The Morgan fingerprint density at radius 2 is 1.83 bits per heavy atom. The minimum atomic E-state index is -4.10. The van der Waals surface area contributed by atoms with E-state index in [1.165, 1.54) is 19.0 Å². The first-order valence-electron chi connectivity index (χ1n) is 9.82. The predicted molar refractivity (Wildman–Crippen MR) is 115 cm³/mol. The summed E-state index contributed by atoms with van der Waals surface area (Å²) in [4.78, 5) is 3.37. The van der Waals surface area contributed by atoms with Crippen molar-refractivity contribution in [2.45, 2.75) is 55.5 Å². The average molecular weight is 459 g/mol. The lowest BCUT2D eigenvalue weighted by Crippen LogP contribution is -2.35. The van der Waals surface area contributed by atoms with Crippen molar-refractivity contribution in [2.75, 3.05) is 16.6 Å². The summed E-state index contributed by atoms with van der Waals surface area (Å²) in [5.74, 6) is -0.348. The van der Waals surface area contributed by atoms with Crippen LogP contribution in [-0.2, 0) is 10.0 Å². The normalized spacial score (nSPS) is 22.4. The fourth-order valence-electron chi connectivity index (χ4n) is 3.68. The lowest BCUT2D eigenvalue weighted by Gasteiger charge is -2.29. The van der Waals surface area contributed by atoms with E-state index in [1.54, 1.807) is 5.38 Å². The molecule has 3 N–H and O–H groups in total. The van der Waals surface area contributed by atoms with Gasteiger partial charge in [-0.15, -0.1) is 11.3 Å². The molecular weight excluding hydrogens is 435 g/mol. The van der Waals surface area contributed by atoms with Gasteiger partial charge in [-0.05, 0) is 56.6 Å². The Balaban J connectivity index is 1.36. The highest BCUT2D eigenvalue weighted by molar-refractivity contribution is 7.93. The van der Waals surface area contributed by atoms with Gasteiger partial charge in [-0.2, -0.15) is 0 Å². The lowest BCUT2D eigenvalue weighted by molar-refractivity contribution is 0.299. The topological polar surface area (TPSA) is 83.1 Å². The molecule has 4 rings (SSSR count). The van der Waals surface area contributed by atoms with Crippen LogP contribution in [0.3, 0.4) is 0 Å². The first-order chi connectivity index (χ1) is 13.9. The summed E-state index contributed by atoms with van der Waals surface area (Å²) in [6.45, 7) is 0.693. The van der Waals surface area contributed by atoms with Crippen LogP contribution in [-0.4, -0.2) is 32.0 Å². The minimum absolute atomic E-state index is 0.175. The summed E-state index contributed by atoms with van der Waals surface area (Å²) >= 11 is 7.36. The van der Waals surface area contributed by atoms with Gasteiger partial charge in [0.15, 0.2) is 5.13 Å². The molecule has 1 heterocycles. The first kappa shape index (κ1) is 20.8. The first-order valence-corrected chi connectivity index (χ1v) is 12.6. The molecule has 0 amide bonds. The molecule has 0 atom stereocenters. The van der Waals surface area contributed by atoms with Crippen LogP contribution in [0.5, 0.6) is 0 Å². The summed E-state index contributed by atoms with van der Waals surface area (Å²) < 4.78 is 41.7. The number of halogens is 2. The van der Waals surface area contributed by atoms with Gasteiger partial charge in [0, 0.05) is 30.2 Å². The van der Waals surface area contributed by atoms with E-state index >= 15 is 0 Å². The largest absolute Gasteiger partial charge is 0.383 e. The molecule has 0 aliphatic heterocycles. The smallest absolute Gasteiger partial charge is 0.266 e. The van der Waals surface area contributed by atoms with Crippen molar-refractivity contribution in [1.29, 1.82) is 0 Å². The Kier molecular flexibility index (Phi) is 6.29. The molecule has 1 aromatic carbocycles. The van der Waals surface area contributed by atoms with Crippen LogP contribution in [0.2, 0.25) is 5.02 Å². The van der Waals surface area contributed by atoms with Crippen molar-refractivity contribution in [1.82, 2.24) is 10.3 Å². The van der Waals surface area contributed by atoms with Crippen molar-refractivity contribution >= 4 is 43.8 Å². The number of nitrogens with one attached hydrogen (secondary N) is 3. The molecule has 29 heavy (non-hydrogen) atoms. The van der Waals surface area contributed by atoms with Gasteiger partial charge >= 0.3 is 0 Å². The quantitative estimate of drug-likeness (QED) is 0.544. The van der Waals surface area contributed by atoms with Crippen LogP contribution in [0.25, 0.3) is 0 Å². The van der Waals surface area contributed by atoms with Crippen LogP contribution in [0.1, 0.15) is 38.5 Å². The van der Waals surface area contributed by atoms with Crippen molar-refractivity contribution in [3.63, 3.8) is 0 Å². The maximum atomic E-state index is 14.6. The van der Waals surface area contributed by atoms with E-state index in [2.05, 4.69) is 20.3 Å². The molecule has 0 saturated heterocycles. The maximum absolute atomic E-state index is 14.6. The van der Waals surface area contributed by atoms with Crippen LogP contribution in [0.4, 0.5) is 15.2 Å². The second-order valence-electron chi connectivity index (χ2n) is 7.74. The molecule has 2 aliphatic carbocycles. The van der Waals surface area contributed by atoms with Crippen molar-refractivity contribution < 1.29 is 12.8 Å². The van der Waals surface area contributed by atoms with Gasteiger partial charge in [0.1, 0.15) is 10.7 Å². The molecule has 2 saturated carbocycles. The highest BCUT2D eigenvalue weighted by Crippen LogP contribution is 2.32. The van der Waals surface area contributed by atoms with Crippen LogP contribution in [0, 0.1) is 11.7 Å². The molecule has 0 spiro atoms. The third-order valence-corrected chi connectivity index (χ3v) is 7.93. The van der Waals surface area contributed by atoms with Crippen molar-refractivity contribution in [3.8, 4) is 0 Å². The highest BCUT2D eigenvalue weighted by Gasteiger charge is 2.28. The van der Waals surface area contributed by atoms with Gasteiger partial charge in [0.25, 0.3) is 10.0 Å². The number of sulfonamides is 1. The van der Waals surface area contributed by atoms with Crippen LogP contribution < -0.4 is 15.4 Å². The third kappa shape index (κ3) is 5.39. The van der Waals surface area contributed by atoms with Crippen molar-refractivity contribution in [2.24, 2.45) is 5.92 Å². The number of rotatable bonds is 8. The number of hydrogen-bond donors (Lipinski definition) is 3. The van der Waals surface area contributed by atoms with E-state index in [0.717, 1.165) is 55.2 Å². The highest BCUT2D eigenvalue weighted by atomic mass is 35.5. The number of benzene rings is 1. The number of nitrogens with zero attached hydrogens (tertiary/aromatic N) is 1. The Morgan fingerprint density at radius 1 is 1.14 bits per heavy atom. The van der Waals surface area contributed by atoms with E-state index < -0.39 is 20.7 Å². The monoisotopic (exact) mass is 458 g/mol. The molecule has 0 bridgehead atoms. The third-order valence-electron chi connectivity index (χ3n) is 5.44. The molecule has 2 fully saturated rings. The second-order valence-corrected chi connectivity index (χ2v) is 10.7. The Hall–Kier alpha value is -1.42. The standard InChI is InChI=1S/C19H24ClFN4O2S2/c20-15-9-18(29(26,27)25-19-22-7-8-28-19)16(21)10-17(15)23-11-12-1-3-13(4-2-12)24-14-5-6-14/h7-10,12-14,23-24H,1-6,11H2,(H,22,25). The molecular formula is C19H24ClFN4O2S2. The van der Waals surface area contributed by atoms with E-state index in [4.69, 9.17) is 11.6 Å². The number of anilines is 2. The van der Waals surface area contributed by atoms with E-state index in [9.17, 15) is 12.8 Å². The molecule has 158 valence electrons. The van der Waals surface area contributed by atoms with Gasteiger partial charge in [-0.25, -0.2) is 17.8 Å². The predicted octanol–water partition coefficient (Wildman–Crippen LogP) is 4.46. The average Bonchev–Trinajstić information content (AvgIpc) is 3.36. The zero-order chi connectivity index (χ0) is 20.4. The fourth-order valence-corrected chi connectivity index (χ4v) is 5.85. The molecule has 10 heteroatoms. The van der Waals surface area contributed by atoms with Crippen LogP contribution in [0.15, 0.2) is 28.6 Å². The summed E-state index contributed by atoms with van der Waals surface area (Å²) in [6, 6.07) is 3.65. The summed E-state index contributed by atoms with van der Waals surface area (Å²) in [6.07, 6.45) is 8.61. The van der Waals surface area contributed by atoms with Gasteiger partial charge in [-0.3, -0.25) is 4.72 Å². The van der Waals surface area contributed by atoms with E-state index in [-0.39, 0.29) is 10.2 Å². The number of hydrogen-bond acceptors (Lipinski definition) is 6. The van der Waals surface area contributed by atoms with Gasteiger partial charge in [0.2, 0.25) is 0 Å². The van der Waals surface area contributed by atoms with E-state index in [1.807, 2.05) is 0 Å².